The van der Waals surface area contributed by atoms with Crippen molar-refractivity contribution in [3.05, 3.63) is 37.2 Å². The van der Waals surface area contributed by atoms with E-state index in [4.69, 9.17) is 21.1 Å². The van der Waals surface area contributed by atoms with Crippen LogP contribution in [0, 0.1) is 0 Å². The molecule has 0 aliphatic rings. The summed E-state index contributed by atoms with van der Waals surface area (Å²) in [6, 6.07) is 3.73. The Balaban J connectivity index is 2.19. The second kappa shape index (κ2) is 7.11. The van der Waals surface area contributed by atoms with E-state index in [-0.39, 0.29) is 6.10 Å². The molecule has 2 rings (SSSR count). The number of halogens is 3. The molecule has 1 unspecified atom stereocenters. The summed E-state index contributed by atoms with van der Waals surface area (Å²) >= 11 is 14.2. The Morgan fingerprint density at radius 3 is 2.55 bits per heavy atom. The first kappa shape index (κ1) is 16.1. The van der Waals surface area contributed by atoms with E-state index in [0.717, 1.165) is 31.1 Å². The summed E-state index contributed by atoms with van der Waals surface area (Å²) in [7, 11) is 1.62. The number of benzene rings is 1. The zero-order valence-electron chi connectivity index (χ0n) is 10.8. The second-order valence-corrected chi connectivity index (χ2v) is 6.85. The van der Waals surface area contributed by atoms with Crippen LogP contribution in [0.1, 0.15) is 23.7 Å². The predicted octanol–water partition coefficient (Wildman–Crippen LogP) is 5.56. The quantitative estimate of drug-likeness (QED) is 0.570. The van der Waals surface area contributed by atoms with Crippen LogP contribution in [0.4, 0.5) is 0 Å². The maximum atomic E-state index is 5.94. The first-order valence-corrected chi connectivity index (χ1v) is 8.75. The third-order valence-electron chi connectivity index (χ3n) is 2.56. The SMILES string of the molecule is COc1cc(Br)c(OC(C)c2nc(CCl)cs2)cc1Br. The number of rotatable bonds is 5. The van der Waals surface area contributed by atoms with Gasteiger partial charge in [0.15, 0.2) is 0 Å². The maximum Gasteiger partial charge on any atom is 0.147 e. The number of hydrogen-bond acceptors (Lipinski definition) is 4. The van der Waals surface area contributed by atoms with Crippen LogP contribution in [0.3, 0.4) is 0 Å². The lowest BCUT2D eigenvalue weighted by atomic mass is 10.3. The molecule has 0 amide bonds. The Morgan fingerprint density at radius 1 is 1.30 bits per heavy atom. The normalized spacial score (nSPS) is 12.2. The summed E-state index contributed by atoms with van der Waals surface area (Å²) in [6.07, 6.45) is -0.145. The van der Waals surface area contributed by atoms with E-state index >= 15 is 0 Å². The van der Waals surface area contributed by atoms with E-state index < -0.39 is 0 Å². The van der Waals surface area contributed by atoms with Crippen molar-refractivity contribution < 1.29 is 9.47 Å². The van der Waals surface area contributed by atoms with Crippen molar-refractivity contribution in [3.8, 4) is 11.5 Å². The molecule has 0 saturated carbocycles. The van der Waals surface area contributed by atoms with Gasteiger partial charge in [-0.05, 0) is 50.9 Å². The fourth-order valence-electron chi connectivity index (χ4n) is 1.57. The molecular formula is C13H12Br2ClNO2S. The zero-order valence-corrected chi connectivity index (χ0v) is 15.6. The molecule has 0 saturated heterocycles. The van der Waals surface area contributed by atoms with Crippen LogP contribution < -0.4 is 9.47 Å². The molecule has 0 aliphatic heterocycles. The third-order valence-corrected chi connectivity index (χ3v) is 5.13. The predicted molar refractivity (Wildman–Crippen MR) is 89.1 cm³/mol. The van der Waals surface area contributed by atoms with Gasteiger partial charge in [-0.2, -0.15) is 0 Å². The van der Waals surface area contributed by atoms with Crippen molar-refractivity contribution in [1.29, 1.82) is 0 Å². The Kier molecular flexibility index (Phi) is 5.72. The summed E-state index contributed by atoms with van der Waals surface area (Å²) in [5.74, 6) is 1.89. The van der Waals surface area contributed by atoms with Crippen molar-refractivity contribution in [3.63, 3.8) is 0 Å². The van der Waals surface area contributed by atoms with Crippen molar-refractivity contribution in [2.24, 2.45) is 0 Å². The molecule has 0 N–H and O–H groups in total. The Bertz CT molecular complexity index is 606. The first-order chi connectivity index (χ1) is 9.55. The standard InChI is InChI=1S/C13H12Br2ClNO2S/c1-7(13-17-8(5-16)6-20-13)19-12-4-9(14)11(18-2)3-10(12)15/h3-4,6-7H,5H2,1-2H3. The van der Waals surface area contributed by atoms with Gasteiger partial charge in [-0.25, -0.2) is 4.98 Å². The molecule has 20 heavy (non-hydrogen) atoms. The molecule has 7 heteroatoms. The number of ether oxygens (including phenoxy) is 2. The van der Waals surface area contributed by atoms with Crippen LogP contribution >= 0.6 is 54.8 Å². The number of methoxy groups -OCH3 is 1. The van der Waals surface area contributed by atoms with Crippen LogP contribution in [0.15, 0.2) is 26.5 Å². The van der Waals surface area contributed by atoms with E-state index in [1.807, 2.05) is 24.4 Å². The number of aromatic nitrogens is 1. The minimum atomic E-state index is -0.145. The lowest BCUT2D eigenvalue weighted by Crippen LogP contribution is -2.03. The molecule has 1 aromatic heterocycles. The largest absolute Gasteiger partial charge is 0.496 e. The molecule has 3 nitrogen and oxygen atoms in total. The van der Waals surface area contributed by atoms with E-state index in [1.54, 1.807) is 18.4 Å². The van der Waals surface area contributed by atoms with Gasteiger partial charge in [0.1, 0.15) is 22.6 Å². The summed E-state index contributed by atoms with van der Waals surface area (Å²) < 4.78 is 12.8. The Labute approximate surface area is 143 Å². The van der Waals surface area contributed by atoms with Gasteiger partial charge in [-0.15, -0.1) is 22.9 Å². The fourth-order valence-corrected chi connectivity index (χ4v) is 3.50. The van der Waals surface area contributed by atoms with Crippen LogP contribution in [0.25, 0.3) is 0 Å². The van der Waals surface area contributed by atoms with Crippen molar-refractivity contribution in [2.75, 3.05) is 7.11 Å². The Morgan fingerprint density at radius 2 is 1.95 bits per heavy atom. The van der Waals surface area contributed by atoms with Gasteiger partial charge < -0.3 is 9.47 Å². The van der Waals surface area contributed by atoms with E-state index in [1.165, 1.54) is 0 Å². The topological polar surface area (TPSA) is 31.4 Å². The van der Waals surface area contributed by atoms with Crippen LogP contribution in [-0.2, 0) is 5.88 Å². The fraction of sp³-hybridized carbons (Fsp3) is 0.308. The molecule has 0 fully saturated rings. The number of nitrogens with zero attached hydrogens (tertiary/aromatic N) is 1. The summed E-state index contributed by atoms with van der Waals surface area (Å²) in [5, 5.41) is 2.85. The molecule has 1 heterocycles. The highest BCUT2D eigenvalue weighted by molar-refractivity contribution is 9.11. The van der Waals surface area contributed by atoms with E-state index in [9.17, 15) is 0 Å². The number of hydrogen-bond donors (Lipinski definition) is 0. The lowest BCUT2D eigenvalue weighted by Gasteiger charge is -2.15. The summed E-state index contributed by atoms with van der Waals surface area (Å²) in [4.78, 5) is 4.42. The van der Waals surface area contributed by atoms with E-state index in [0.29, 0.717) is 5.88 Å². The molecular weight excluding hydrogens is 429 g/mol. The zero-order chi connectivity index (χ0) is 14.7. The van der Waals surface area contributed by atoms with Crippen LogP contribution in [0.2, 0.25) is 0 Å². The maximum absolute atomic E-state index is 5.94. The van der Waals surface area contributed by atoms with Gasteiger partial charge in [0, 0.05) is 5.38 Å². The molecule has 1 atom stereocenters. The Hall–Kier alpha value is -0.300. The molecule has 0 aliphatic carbocycles. The minimum absolute atomic E-state index is 0.145. The smallest absolute Gasteiger partial charge is 0.147 e. The average Bonchev–Trinajstić information content (AvgIpc) is 2.91. The molecule has 2 aromatic rings. The monoisotopic (exact) mass is 439 g/mol. The number of alkyl halides is 1. The van der Waals surface area contributed by atoms with Gasteiger partial charge in [0.25, 0.3) is 0 Å². The van der Waals surface area contributed by atoms with E-state index in [2.05, 4.69) is 36.8 Å². The molecule has 0 spiro atoms. The van der Waals surface area contributed by atoms with Crippen LogP contribution in [-0.4, -0.2) is 12.1 Å². The first-order valence-electron chi connectivity index (χ1n) is 5.75. The molecule has 0 bridgehead atoms. The van der Waals surface area contributed by atoms with Crippen molar-refractivity contribution in [1.82, 2.24) is 4.98 Å². The van der Waals surface area contributed by atoms with Gasteiger partial charge >= 0.3 is 0 Å². The molecule has 0 radical (unpaired) electrons. The molecule has 1 aromatic carbocycles. The average molecular weight is 442 g/mol. The van der Waals surface area contributed by atoms with Gasteiger partial charge in [-0.1, -0.05) is 0 Å². The summed E-state index contributed by atoms with van der Waals surface area (Å²) in [5.41, 5.74) is 0.872. The van der Waals surface area contributed by atoms with Crippen molar-refractivity contribution >= 4 is 54.8 Å². The minimum Gasteiger partial charge on any atom is -0.496 e. The highest BCUT2D eigenvalue weighted by Crippen LogP contribution is 2.38. The van der Waals surface area contributed by atoms with Crippen molar-refractivity contribution in [2.45, 2.75) is 18.9 Å². The van der Waals surface area contributed by atoms with Crippen LogP contribution in [0.5, 0.6) is 11.5 Å². The summed E-state index contributed by atoms with van der Waals surface area (Å²) in [6.45, 7) is 1.96. The van der Waals surface area contributed by atoms with Gasteiger partial charge in [0.2, 0.25) is 0 Å². The third kappa shape index (κ3) is 3.67. The lowest BCUT2D eigenvalue weighted by molar-refractivity contribution is 0.224. The van der Waals surface area contributed by atoms with Gasteiger partial charge in [0.05, 0.1) is 27.6 Å². The highest BCUT2D eigenvalue weighted by atomic mass is 79.9. The molecule has 108 valence electrons. The van der Waals surface area contributed by atoms with Gasteiger partial charge in [-0.3, -0.25) is 0 Å². The second-order valence-electron chi connectivity index (χ2n) is 3.99. The highest BCUT2D eigenvalue weighted by Gasteiger charge is 2.15. The number of thiazole rings is 1.